The number of ether oxygens (including phenoxy) is 1. The summed E-state index contributed by atoms with van der Waals surface area (Å²) in [5.74, 6) is 0. The fraction of sp³-hybridized carbons (Fsp3) is 1.00. The lowest BCUT2D eigenvalue weighted by Gasteiger charge is -2.35. The third-order valence-corrected chi connectivity index (χ3v) is 5.35. The van der Waals surface area contributed by atoms with Crippen LogP contribution < -0.4 is 10.0 Å². The Morgan fingerprint density at radius 1 is 1.35 bits per heavy atom. The van der Waals surface area contributed by atoms with E-state index < -0.39 is 15.8 Å². The topological polar surface area (TPSA) is 70.7 Å². The van der Waals surface area contributed by atoms with Crippen molar-refractivity contribution >= 4 is 10.2 Å². The minimum absolute atomic E-state index is 0.0480. The molecule has 0 aromatic heterocycles. The first-order valence-corrected chi connectivity index (χ1v) is 8.78. The second-order valence-electron chi connectivity index (χ2n) is 5.86. The first kappa shape index (κ1) is 17.8. The van der Waals surface area contributed by atoms with Gasteiger partial charge in [-0.3, -0.25) is 0 Å². The third-order valence-electron chi connectivity index (χ3n) is 3.74. The van der Waals surface area contributed by atoms with E-state index in [4.69, 9.17) is 4.74 Å². The molecule has 1 unspecified atom stereocenters. The molecule has 7 heteroatoms. The predicted molar refractivity (Wildman–Crippen MR) is 80.9 cm³/mol. The number of nitrogens with one attached hydrogen (secondary N) is 2. The molecule has 0 amide bonds. The fourth-order valence-electron chi connectivity index (χ4n) is 2.23. The maximum Gasteiger partial charge on any atom is 0.279 e. The fourth-order valence-corrected chi connectivity index (χ4v) is 3.86. The lowest BCUT2D eigenvalue weighted by molar-refractivity contribution is 0.0271. The van der Waals surface area contributed by atoms with E-state index in [0.29, 0.717) is 13.1 Å². The first-order chi connectivity index (χ1) is 9.32. The number of hydrogen-bond acceptors (Lipinski definition) is 4. The molecule has 6 nitrogen and oxygen atoms in total. The molecule has 1 aliphatic rings. The number of nitrogens with zero attached hydrogens (tertiary/aromatic N) is 1. The summed E-state index contributed by atoms with van der Waals surface area (Å²) in [6.07, 6.45) is 2.93. The van der Waals surface area contributed by atoms with E-state index in [1.165, 1.54) is 0 Å². The van der Waals surface area contributed by atoms with Crippen molar-refractivity contribution in [1.82, 2.24) is 14.3 Å². The molecule has 20 heavy (non-hydrogen) atoms. The predicted octanol–water partition coefficient (Wildman–Crippen LogP) is 0.710. The van der Waals surface area contributed by atoms with E-state index in [1.54, 1.807) is 11.4 Å². The maximum absolute atomic E-state index is 12.5. The molecular formula is C13H29N3O3S. The van der Waals surface area contributed by atoms with Gasteiger partial charge in [0.15, 0.2) is 0 Å². The van der Waals surface area contributed by atoms with Gasteiger partial charge >= 0.3 is 0 Å². The molecule has 0 aromatic carbocycles. The summed E-state index contributed by atoms with van der Waals surface area (Å²) in [6, 6.07) is 0.0480. The standard InChI is InChI=1S/C13H29N3O3S/c1-5-14-10-12-8-6-7-9-16(12)20(17,18)15-11-13(2,3)19-4/h12,14-15H,5-11H2,1-4H3. The highest BCUT2D eigenvalue weighted by molar-refractivity contribution is 7.87. The number of methoxy groups -OCH3 is 1. The van der Waals surface area contributed by atoms with Crippen LogP contribution in [-0.2, 0) is 14.9 Å². The van der Waals surface area contributed by atoms with E-state index in [2.05, 4.69) is 10.0 Å². The van der Waals surface area contributed by atoms with Crippen molar-refractivity contribution in [3.8, 4) is 0 Å². The zero-order valence-electron chi connectivity index (χ0n) is 13.1. The van der Waals surface area contributed by atoms with Crippen LogP contribution in [0.2, 0.25) is 0 Å². The largest absolute Gasteiger partial charge is 0.377 e. The molecule has 0 radical (unpaired) electrons. The van der Waals surface area contributed by atoms with Crippen LogP contribution in [0.5, 0.6) is 0 Å². The van der Waals surface area contributed by atoms with Crippen LogP contribution in [0.3, 0.4) is 0 Å². The lowest BCUT2D eigenvalue weighted by Crippen LogP contribution is -2.54. The number of piperidine rings is 1. The van der Waals surface area contributed by atoms with Crippen molar-refractivity contribution in [2.45, 2.75) is 51.7 Å². The number of hydrogen-bond donors (Lipinski definition) is 2. The molecular weight excluding hydrogens is 278 g/mol. The van der Waals surface area contributed by atoms with Gasteiger partial charge in [-0.2, -0.15) is 17.4 Å². The molecule has 0 spiro atoms. The molecule has 0 aliphatic carbocycles. The zero-order valence-corrected chi connectivity index (χ0v) is 13.9. The average molecular weight is 307 g/mol. The van der Waals surface area contributed by atoms with E-state index in [9.17, 15) is 8.42 Å². The summed E-state index contributed by atoms with van der Waals surface area (Å²) in [6.45, 7) is 8.19. The van der Waals surface area contributed by atoms with Crippen LogP contribution in [0.4, 0.5) is 0 Å². The van der Waals surface area contributed by atoms with Crippen LogP contribution in [-0.4, -0.2) is 57.7 Å². The van der Waals surface area contributed by atoms with Crippen molar-refractivity contribution in [2.24, 2.45) is 0 Å². The van der Waals surface area contributed by atoms with Crippen molar-refractivity contribution in [2.75, 3.05) is 33.3 Å². The summed E-state index contributed by atoms with van der Waals surface area (Å²) in [4.78, 5) is 0. The van der Waals surface area contributed by atoms with Gasteiger partial charge in [0.05, 0.1) is 5.60 Å². The molecule has 1 aliphatic heterocycles. The Bertz CT molecular complexity index is 384. The summed E-state index contributed by atoms with van der Waals surface area (Å²) in [5, 5.41) is 3.24. The second kappa shape index (κ2) is 7.70. The van der Waals surface area contributed by atoms with Gasteiger partial charge in [-0.1, -0.05) is 13.3 Å². The monoisotopic (exact) mass is 307 g/mol. The molecule has 0 saturated carbocycles. The van der Waals surface area contributed by atoms with Gasteiger partial charge < -0.3 is 10.1 Å². The highest BCUT2D eigenvalue weighted by Gasteiger charge is 2.33. The Morgan fingerprint density at radius 2 is 2.05 bits per heavy atom. The van der Waals surface area contributed by atoms with Crippen LogP contribution in [0.15, 0.2) is 0 Å². The van der Waals surface area contributed by atoms with E-state index >= 15 is 0 Å². The van der Waals surface area contributed by atoms with Crippen LogP contribution >= 0.6 is 0 Å². The number of likely N-dealkylation sites (N-methyl/N-ethyl adjacent to an activating group) is 1. The molecule has 120 valence electrons. The Balaban J connectivity index is 2.67. The highest BCUT2D eigenvalue weighted by Crippen LogP contribution is 2.19. The van der Waals surface area contributed by atoms with Crippen LogP contribution in [0.25, 0.3) is 0 Å². The molecule has 1 heterocycles. The van der Waals surface area contributed by atoms with Crippen LogP contribution in [0, 0.1) is 0 Å². The molecule has 0 aromatic rings. The molecule has 0 bridgehead atoms. The van der Waals surface area contributed by atoms with Gasteiger partial charge in [0.25, 0.3) is 10.2 Å². The molecule has 1 saturated heterocycles. The average Bonchev–Trinajstić information content (AvgIpc) is 2.43. The lowest BCUT2D eigenvalue weighted by atomic mass is 10.1. The highest BCUT2D eigenvalue weighted by atomic mass is 32.2. The Morgan fingerprint density at radius 3 is 2.65 bits per heavy atom. The SMILES string of the molecule is CCNCC1CCCCN1S(=O)(=O)NCC(C)(C)OC. The van der Waals surface area contributed by atoms with Gasteiger partial charge in [-0.15, -0.1) is 0 Å². The zero-order chi connectivity index (χ0) is 15.2. The maximum atomic E-state index is 12.5. The Hall–Kier alpha value is -0.210. The number of rotatable bonds is 8. The molecule has 1 rings (SSSR count). The smallest absolute Gasteiger partial charge is 0.279 e. The van der Waals surface area contributed by atoms with E-state index in [0.717, 1.165) is 25.8 Å². The Kier molecular flexibility index (Phi) is 6.87. The molecule has 2 N–H and O–H groups in total. The van der Waals surface area contributed by atoms with Gasteiger partial charge in [-0.25, -0.2) is 0 Å². The second-order valence-corrected chi connectivity index (χ2v) is 7.57. The van der Waals surface area contributed by atoms with Gasteiger partial charge in [-0.05, 0) is 33.2 Å². The first-order valence-electron chi connectivity index (χ1n) is 7.34. The third kappa shape index (κ3) is 5.29. The molecule has 1 fully saturated rings. The van der Waals surface area contributed by atoms with E-state index in [-0.39, 0.29) is 12.6 Å². The van der Waals surface area contributed by atoms with Gasteiger partial charge in [0, 0.05) is 32.8 Å². The summed E-state index contributed by atoms with van der Waals surface area (Å²) < 4.78 is 34.4. The summed E-state index contributed by atoms with van der Waals surface area (Å²) in [7, 11) is -1.86. The normalized spacial score (nSPS) is 22.1. The van der Waals surface area contributed by atoms with Crippen molar-refractivity contribution in [1.29, 1.82) is 0 Å². The van der Waals surface area contributed by atoms with Gasteiger partial charge in [0.1, 0.15) is 0 Å². The van der Waals surface area contributed by atoms with E-state index in [1.807, 2.05) is 20.8 Å². The Labute approximate surface area is 123 Å². The summed E-state index contributed by atoms with van der Waals surface area (Å²) >= 11 is 0. The minimum atomic E-state index is -3.44. The van der Waals surface area contributed by atoms with Crippen molar-refractivity contribution in [3.05, 3.63) is 0 Å². The van der Waals surface area contributed by atoms with Crippen molar-refractivity contribution < 1.29 is 13.2 Å². The summed E-state index contributed by atoms with van der Waals surface area (Å²) in [5.41, 5.74) is -0.500. The van der Waals surface area contributed by atoms with Crippen LogP contribution in [0.1, 0.15) is 40.0 Å². The van der Waals surface area contributed by atoms with Gasteiger partial charge in [0.2, 0.25) is 0 Å². The quantitative estimate of drug-likeness (QED) is 0.693. The minimum Gasteiger partial charge on any atom is -0.377 e. The molecule has 1 atom stereocenters. The van der Waals surface area contributed by atoms with Crippen molar-refractivity contribution in [3.63, 3.8) is 0 Å².